The van der Waals surface area contributed by atoms with Gasteiger partial charge >= 0.3 is 0 Å². The van der Waals surface area contributed by atoms with Gasteiger partial charge in [0.15, 0.2) is 17.3 Å². The second-order valence-electron chi connectivity index (χ2n) is 4.77. The third-order valence-corrected chi connectivity index (χ3v) is 3.21. The van der Waals surface area contributed by atoms with Crippen molar-refractivity contribution in [2.75, 3.05) is 14.2 Å². The zero-order valence-corrected chi connectivity index (χ0v) is 13.0. The third-order valence-electron chi connectivity index (χ3n) is 3.21. The van der Waals surface area contributed by atoms with Gasteiger partial charge in [-0.15, -0.1) is 0 Å². The number of aromatic nitrogens is 2. The van der Waals surface area contributed by atoms with Crippen LogP contribution in [0.2, 0.25) is 0 Å². The largest absolute Gasteiger partial charge is 0.502 e. The molecule has 1 N–H and O–H groups in total. The molecule has 6 heteroatoms. The van der Waals surface area contributed by atoms with E-state index in [1.54, 1.807) is 43.1 Å². The number of nitrogens with zero attached hydrogens (tertiary/aromatic N) is 2. The topological polar surface area (TPSA) is 73.6 Å². The van der Waals surface area contributed by atoms with Crippen LogP contribution in [0, 0.1) is 6.92 Å². The fourth-order valence-corrected chi connectivity index (χ4v) is 2.11. The lowest BCUT2D eigenvalue weighted by atomic mass is 10.1. The van der Waals surface area contributed by atoms with Crippen LogP contribution in [-0.4, -0.2) is 34.9 Å². The molecule has 0 spiro atoms. The van der Waals surface area contributed by atoms with Crippen LogP contribution in [0.4, 0.5) is 0 Å². The highest BCUT2D eigenvalue weighted by Gasteiger charge is 2.12. The van der Waals surface area contributed by atoms with E-state index >= 15 is 0 Å². The molecule has 0 radical (unpaired) electrons. The Labute approximate surface area is 128 Å². The predicted molar refractivity (Wildman–Crippen MR) is 82.5 cm³/mol. The Morgan fingerprint density at radius 3 is 2.32 bits per heavy atom. The van der Waals surface area contributed by atoms with Crippen LogP contribution in [0.3, 0.4) is 0 Å². The number of carbonyl (C=O) groups excluding carboxylic acids is 1. The van der Waals surface area contributed by atoms with Gasteiger partial charge in [0.25, 0.3) is 0 Å². The van der Waals surface area contributed by atoms with E-state index in [9.17, 15) is 9.90 Å². The number of hydrogen-bond acceptors (Lipinski definition) is 5. The van der Waals surface area contributed by atoms with Gasteiger partial charge in [-0.3, -0.25) is 9.48 Å². The van der Waals surface area contributed by atoms with Crippen molar-refractivity contribution in [3.63, 3.8) is 0 Å². The molecule has 0 unspecified atom stereocenters. The molecule has 6 nitrogen and oxygen atoms in total. The molecule has 0 bridgehead atoms. The van der Waals surface area contributed by atoms with Crippen molar-refractivity contribution in [2.24, 2.45) is 7.05 Å². The molecule has 0 saturated heterocycles. The lowest BCUT2D eigenvalue weighted by molar-refractivity contribution is 0.104. The molecule has 1 aromatic heterocycles. The van der Waals surface area contributed by atoms with Gasteiger partial charge in [0.1, 0.15) is 0 Å². The van der Waals surface area contributed by atoms with Crippen molar-refractivity contribution in [3.05, 3.63) is 41.2 Å². The van der Waals surface area contributed by atoms with Gasteiger partial charge < -0.3 is 14.6 Å². The Morgan fingerprint density at radius 1 is 1.27 bits per heavy atom. The minimum atomic E-state index is -0.142. The van der Waals surface area contributed by atoms with Crippen LogP contribution < -0.4 is 9.47 Å². The fraction of sp³-hybridized carbons (Fsp3) is 0.250. The number of methoxy groups -OCH3 is 2. The number of ether oxygens (including phenoxy) is 2. The first-order valence-electron chi connectivity index (χ1n) is 6.64. The van der Waals surface area contributed by atoms with E-state index in [1.165, 1.54) is 20.3 Å². The molecule has 2 rings (SSSR count). The summed E-state index contributed by atoms with van der Waals surface area (Å²) in [7, 11) is 4.67. The minimum absolute atomic E-state index is 0.0726. The number of benzene rings is 1. The first-order chi connectivity index (χ1) is 10.5. The van der Waals surface area contributed by atoms with Crippen LogP contribution in [0.15, 0.2) is 24.4 Å². The maximum Gasteiger partial charge on any atom is 0.200 e. The first kappa shape index (κ1) is 15.6. The molecule has 0 fully saturated rings. The van der Waals surface area contributed by atoms with E-state index in [0.717, 1.165) is 0 Å². The average molecular weight is 302 g/mol. The molecule has 0 amide bonds. The molecule has 22 heavy (non-hydrogen) atoms. The molecule has 0 saturated carbocycles. The van der Waals surface area contributed by atoms with Crippen LogP contribution in [0.5, 0.6) is 17.2 Å². The van der Waals surface area contributed by atoms with Gasteiger partial charge in [-0.25, -0.2) is 0 Å². The number of phenols is 1. The summed E-state index contributed by atoms with van der Waals surface area (Å²) in [6.07, 6.45) is 4.77. The lowest BCUT2D eigenvalue weighted by Crippen LogP contribution is -1.95. The summed E-state index contributed by atoms with van der Waals surface area (Å²) in [6, 6.07) is 3.25. The molecule has 0 atom stereocenters. The highest BCUT2D eigenvalue weighted by molar-refractivity contribution is 6.07. The van der Waals surface area contributed by atoms with Gasteiger partial charge in [0, 0.05) is 13.2 Å². The Balaban J connectivity index is 2.30. The van der Waals surface area contributed by atoms with Crippen molar-refractivity contribution in [2.45, 2.75) is 6.92 Å². The lowest BCUT2D eigenvalue weighted by Gasteiger charge is -2.09. The standard InChI is InChI=1S/C16H18N2O4/c1-10-12(9-18(2)17-10)13(19)6-5-11-7-14(21-3)16(20)15(8-11)22-4/h5-9,20H,1-4H3/b6-5-. The Kier molecular flexibility index (Phi) is 4.50. The average Bonchev–Trinajstić information content (AvgIpc) is 2.84. The zero-order chi connectivity index (χ0) is 16.3. The summed E-state index contributed by atoms with van der Waals surface area (Å²) < 4.78 is 11.8. The summed E-state index contributed by atoms with van der Waals surface area (Å²) >= 11 is 0. The predicted octanol–water partition coefficient (Wildman–Crippen LogP) is 2.35. The second-order valence-corrected chi connectivity index (χ2v) is 4.77. The maximum absolute atomic E-state index is 12.2. The summed E-state index contributed by atoms with van der Waals surface area (Å²) in [5.74, 6) is 0.348. The number of hydrogen-bond donors (Lipinski definition) is 1. The Hall–Kier alpha value is -2.76. The molecule has 0 aliphatic heterocycles. The van der Waals surface area contributed by atoms with Gasteiger partial charge in [0.05, 0.1) is 25.5 Å². The summed E-state index contributed by atoms with van der Waals surface area (Å²) in [6.45, 7) is 1.79. The Bertz CT molecular complexity index is 707. The highest BCUT2D eigenvalue weighted by atomic mass is 16.5. The van der Waals surface area contributed by atoms with Crippen molar-refractivity contribution < 1.29 is 19.4 Å². The first-order valence-corrected chi connectivity index (χ1v) is 6.64. The molecule has 1 aromatic carbocycles. The van der Waals surface area contributed by atoms with Gasteiger partial charge in [0.2, 0.25) is 5.75 Å². The van der Waals surface area contributed by atoms with Crippen molar-refractivity contribution >= 4 is 11.9 Å². The SMILES string of the molecule is COc1cc(/C=C\C(=O)c2cn(C)nc2C)cc(OC)c1O. The third kappa shape index (κ3) is 3.11. The summed E-state index contributed by atoms with van der Waals surface area (Å²) in [4.78, 5) is 12.2. The normalized spacial score (nSPS) is 10.9. The second kappa shape index (κ2) is 6.34. The number of rotatable bonds is 5. The van der Waals surface area contributed by atoms with Crippen molar-refractivity contribution in [3.8, 4) is 17.2 Å². The molecule has 0 aliphatic carbocycles. The summed E-state index contributed by atoms with van der Waals surface area (Å²) in [5.41, 5.74) is 1.91. The quantitative estimate of drug-likeness (QED) is 0.678. The number of phenolic OH excluding ortho intramolecular Hbond substituents is 1. The number of allylic oxidation sites excluding steroid dienone is 1. The van der Waals surface area contributed by atoms with Gasteiger partial charge in [-0.2, -0.15) is 5.10 Å². The number of aromatic hydroxyl groups is 1. The molecule has 2 aromatic rings. The van der Waals surface area contributed by atoms with E-state index in [0.29, 0.717) is 16.8 Å². The smallest absolute Gasteiger partial charge is 0.200 e. The number of ketones is 1. The zero-order valence-electron chi connectivity index (χ0n) is 13.0. The molecule has 0 aliphatic rings. The van der Waals surface area contributed by atoms with Gasteiger partial charge in [-0.05, 0) is 30.7 Å². The van der Waals surface area contributed by atoms with E-state index in [1.807, 2.05) is 0 Å². The minimum Gasteiger partial charge on any atom is -0.502 e. The van der Waals surface area contributed by atoms with Crippen LogP contribution in [-0.2, 0) is 7.05 Å². The maximum atomic E-state index is 12.2. The van der Waals surface area contributed by atoms with Crippen LogP contribution in [0.25, 0.3) is 6.08 Å². The molecular formula is C16H18N2O4. The molecule has 116 valence electrons. The van der Waals surface area contributed by atoms with E-state index in [4.69, 9.17) is 9.47 Å². The van der Waals surface area contributed by atoms with E-state index in [-0.39, 0.29) is 23.0 Å². The van der Waals surface area contributed by atoms with E-state index in [2.05, 4.69) is 5.10 Å². The molecule has 1 heterocycles. The van der Waals surface area contributed by atoms with Crippen LogP contribution >= 0.6 is 0 Å². The molecular weight excluding hydrogens is 284 g/mol. The van der Waals surface area contributed by atoms with Crippen molar-refractivity contribution in [1.29, 1.82) is 0 Å². The number of aryl methyl sites for hydroxylation is 2. The summed E-state index contributed by atoms with van der Waals surface area (Å²) in [5, 5.41) is 14.0. The highest BCUT2D eigenvalue weighted by Crippen LogP contribution is 2.37. The van der Waals surface area contributed by atoms with Crippen LogP contribution in [0.1, 0.15) is 21.6 Å². The van der Waals surface area contributed by atoms with Crippen molar-refractivity contribution in [1.82, 2.24) is 9.78 Å². The Morgan fingerprint density at radius 2 is 1.86 bits per heavy atom. The van der Waals surface area contributed by atoms with Gasteiger partial charge in [-0.1, -0.05) is 6.08 Å². The monoisotopic (exact) mass is 302 g/mol. The number of carbonyl (C=O) groups is 1. The fourth-order valence-electron chi connectivity index (χ4n) is 2.11. The van der Waals surface area contributed by atoms with E-state index < -0.39 is 0 Å².